The molecule has 0 fully saturated rings. The second-order valence-corrected chi connectivity index (χ2v) is 5.70. The van der Waals surface area contributed by atoms with Gasteiger partial charge in [0.15, 0.2) is 6.29 Å². The first kappa shape index (κ1) is 16.2. The van der Waals surface area contributed by atoms with Crippen LogP contribution in [0.15, 0.2) is 18.2 Å². The van der Waals surface area contributed by atoms with Gasteiger partial charge >= 0.3 is 5.97 Å². The summed E-state index contributed by atoms with van der Waals surface area (Å²) in [5, 5.41) is 0. The number of rotatable bonds is 6. The van der Waals surface area contributed by atoms with Crippen LogP contribution >= 0.6 is 0 Å². The highest BCUT2D eigenvalue weighted by molar-refractivity contribution is 5.79. The number of ether oxygens (including phenoxy) is 2. The van der Waals surface area contributed by atoms with Gasteiger partial charge in [0.05, 0.1) is 12.2 Å². The average Bonchev–Trinajstić information content (AvgIpc) is 2.33. The first-order chi connectivity index (χ1) is 9.31. The molecule has 0 atom stereocenters. The maximum atomic E-state index is 11.5. The van der Waals surface area contributed by atoms with Crippen LogP contribution in [-0.4, -0.2) is 24.5 Å². The van der Waals surface area contributed by atoms with Crippen molar-refractivity contribution < 1.29 is 19.1 Å². The van der Waals surface area contributed by atoms with Crippen LogP contribution in [0, 0.1) is 6.92 Å². The van der Waals surface area contributed by atoms with Gasteiger partial charge < -0.3 is 9.47 Å². The Morgan fingerprint density at radius 1 is 1.30 bits per heavy atom. The molecule has 0 bridgehead atoms. The summed E-state index contributed by atoms with van der Waals surface area (Å²) in [6, 6.07) is 5.40. The van der Waals surface area contributed by atoms with Gasteiger partial charge in [0.1, 0.15) is 11.4 Å². The smallest absolute Gasteiger partial charge is 0.306 e. The van der Waals surface area contributed by atoms with Crippen molar-refractivity contribution in [1.82, 2.24) is 0 Å². The summed E-state index contributed by atoms with van der Waals surface area (Å²) in [5.74, 6) is 0.324. The molecule has 0 aromatic heterocycles. The first-order valence-electron chi connectivity index (χ1n) is 6.72. The second kappa shape index (κ2) is 7.08. The van der Waals surface area contributed by atoms with E-state index >= 15 is 0 Å². The van der Waals surface area contributed by atoms with Crippen molar-refractivity contribution >= 4 is 12.3 Å². The summed E-state index contributed by atoms with van der Waals surface area (Å²) >= 11 is 0. The minimum absolute atomic E-state index is 0.235. The highest BCUT2D eigenvalue weighted by Crippen LogP contribution is 2.19. The second-order valence-electron chi connectivity index (χ2n) is 5.70. The number of hydrogen-bond donors (Lipinski definition) is 0. The van der Waals surface area contributed by atoms with Crippen molar-refractivity contribution in [2.45, 2.75) is 46.1 Å². The summed E-state index contributed by atoms with van der Waals surface area (Å²) in [7, 11) is 0. The molecule has 4 nitrogen and oxygen atoms in total. The molecule has 0 aliphatic heterocycles. The van der Waals surface area contributed by atoms with Gasteiger partial charge in [0, 0.05) is 6.42 Å². The zero-order valence-electron chi connectivity index (χ0n) is 12.6. The van der Waals surface area contributed by atoms with Crippen molar-refractivity contribution in [3.63, 3.8) is 0 Å². The van der Waals surface area contributed by atoms with Gasteiger partial charge in [0.25, 0.3) is 0 Å². The van der Waals surface area contributed by atoms with Crippen LogP contribution in [0.25, 0.3) is 0 Å². The Hall–Kier alpha value is -1.84. The van der Waals surface area contributed by atoms with Crippen molar-refractivity contribution in [1.29, 1.82) is 0 Å². The predicted octanol–water partition coefficient (Wildman–Crippen LogP) is 3.31. The minimum Gasteiger partial charge on any atom is -0.493 e. The predicted molar refractivity (Wildman–Crippen MR) is 77.1 cm³/mol. The molecule has 0 saturated carbocycles. The number of hydrogen-bond acceptors (Lipinski definition) is 4. The molecule has 0 aliphatic rings. The molecule has 0 radical (unpaired) electrons. The molecule has 0 heterocycles. The molecular formula is C16H22O4. The fraction of sp³-hybridized carbons (Fsp3) is 0.500. The van der Waals surface area contributed by atoms with Gasteiger partial charge in [-0.1, -0.05) is 6.07 Å². The summed E-state index contributed by atoms with van der Waals surface area (Å²) < 4.78 is 10.8. The Kier molecular flexibility index (Phi) is 5.74. The van der Waals surface area contributed by atoms with Crippen molar-refractivity contribution in [2.75, 3.05) is 6.61 Å². The summed E-state index contributed by atoms with van der Waals surface area (Å²) in [6.07, 6.45) is 1.63. The molecule has 0 spiro atoms. The van der Waals surface area contributed by atoms with E-state index in [2.05, 4.69) is 0 Å². The molecule has 0 N–H and O–H groups in total. The molecule has 0 unspecified atom stereocenters. The Balaban J connectivity index is 2.40. The van der Waals surface area contributed by atoms with Crippen LogP contribution in [0.3, 0.4) is 0 Å². The maximum absolute atomic E-state index is 11.5. The molecule has 0 amide bonds. The fourth-order valence-corrected chi connectivity index (χ4v) is 1.66. The van der Waals surface area contributed by atoms with Gasteiger partial charge in [-0.05, 0) is 51.8 Å². The number of esters is 1. The van der Waals surface area contributed by atoms with Crippen molar-refractivity contribution in [3.05, 3.63) is 29.3 Å². The lowest BCUT2D eigenvalue weighted by atomic mass is 10.1. The normalized spacial score (nSPS) is 11.0. The molecule has 1 aromatic carbocycles. The molecule has 0 saturated heterocycles. The standard InChI is InChI=1S/C16H22O4/c1-12-7-8-13(11-17)14(10-12)19-9-5-6-15(18)20-16(2,3)4/h7-8,10-11H,5-6,9H2,1-4H3. The van der Waals surface area contributed by atoms with Gasteiger partial charge in [0.2, 0.25) is 0 Å². The van der Waals surface area contributed by atoms with E-state index in [0.29, 0.717) is 30.8 Å². The number of aldehydes is 1. The van der Waals surface area contributed by atoms with E-state index in [1.54, 1.807) is 6.07 Å². The number of carbonyl (C=O) groups is 2. The summed E-state index contributed by atoms with van der Waals surface area (Å²) in [6.45, 7) is 7.82. The largest absolute Gasteiger partial charge is 0.493 e. The van der Waals surface area contributed by atoms with E-state index in [0.717, 1.165) is 11.8 Å². The Morgan fingerprint density at radius 2 is 2.00 bits per heavy atom. The van der Waals surface area contributed by atoms with Crippen LogP contribution in [0.5, 0.6) is 5.75 Å². The van der Waals surface area contributed by atoms with E-state index in [9.17, 15) is 9.59 Å². The molecule has 1 rings (SSSR count). The Labute approximate surface area is 120 Å². The fourth-order valence-electron chi connectivity index (χ4n) is 1.66. The molecule has 0 aliphatic carbocycles. The SMILES string of the molecule is Cc1ccc(C=O)c(OCCCC(=O)OC(C)(C)C)c1. The number of aryl methyl sites for hydroxylation is 1. The number of carbonyl (C=O) groups excluding carboxylic acids is 2. The molecule has 110 valence electrons. The van der Waals surface area contributed by atoms with E-state index in [1.807, 2.05) is 39.8 Å². The highest BCUT2D eigenvalue weighted by atomic mass is 16.6. The monoisotopic (exact) mass is 278 g/mol. The lowest BCUT2D eigenvalue weighted by molar-refractivity contribution is -0.155. The van der Waals surface area contributed by atoms with Gasteiger partial charge in [-0.3, -0.25) is 9.59 Å². The zero-order valence-corrected chi connectivity index (χ0v) is 12.6. The van der Waals surface area contributed by atoms with Crippen LogP contribution < -0.4 is 4.74 Å². The third kappa shape index (κ3) is 5.87. The molecule has 1 aromatic rings. The van der Waals surface area contributed by atoms with Crippen LogP contribution in [0.1, 0.15) is 49.5 Å². The topological polar surface area (TPSA) is 52.6 Å². The minimum atomic E-state index is -0.459. The molecular weight excluding hydrogens is 256 g/mol. The number of benzene rings is 1. The first-order valence-corrected chi connectivity index (χ1v) is 6.72. The quantitative estimate of drug-likeness (QED) is 0.455. The van der Waals surface area contributed by atoms with Gasteiger partial charge in [-0.2, -0.15) is 0 Å². The van der Waals surface area contributed by atoms with E-state index in [-0.39, 0.29) is 5.97 Å². The lowest BCUT2D eigenvalue weighted by Crippen LogP contribution is -2.24. The van der Waals surface area contributed by atoms with E-state index in [4.69, 9.17) is 9.47 Å². The molecule has 4 heteroatoms. The third-order valence-electron chi connectivity index (χ3n) is 2.50. The van der Waals surface area contributed by atoms with Crippen LogP contribution in [0.4, 0.5) is 0 Å². The zero-order chi connectivity index (χ0) is 15.2. The van der Waals surface area contributed by atoms with E-state index in [1.165, 1.54) is 0 Å². The van der Waals surface area contributed by atoms with Crippen molar-refractivity contribution in [2.24, 2.45) is 0 Å². The van der Waals surface area contributed by atoms with Crippen molar-refractivity contribution in [3.8, 4) is 5.75 Å². The van der Waals surface area contributed by atoms with Crippen LogP contribution in [0.2, 0.25) is 0 Å². The lowest BCUT2D eigenvalue weighted by Gasteiger charge is -2.19. The average molecular weight is 278 g/mol. The Morgan fingerprint density at radius 3 is 2.60 bits per heavy atom. The summed E-state index contributed by atoms with van der Waals surface area (Å²) in [5.41, 5.74) is 1.09. The maximum Gasteiger partial charge on any atom is 0.306 e. The highest BCUT2D eigenvalue weighted by Gasteiger charge is 2.15. The van der Waals surface area contributed by atoms with Gasteiger partial charge in [-0.25, -0.2) is 0 Å². The Bertz CT molecular complexity index is 472. The third-order valence-corrected chi connectivity index (χ3v) is 2.50. The van der Waals surface area contributed by atoms with Gasteiger partial charge in [-0.15, -0.1) is 0 Å². The summed E-state index contributed by atoms with van der Waals surface area (Å²) in [4.78, 5) is 22.4. The van der Waals surface area contributed by atoms with Crippen LogP contribution in [-0.2, 0) is 9.53 Å². The molecule has 20 heavy (non-hydrogen) atoms. The van der Waals surface area contributed by atoms with E-state index < -0.39 is 5.60 Å².